The number of aliphatic hydroxyl groups excluding tert-OH is 1. The number of carbonyl (C=O) groups is 1. The van der Waals surface area contributed by atoms with Crippen LogP contribution in [0, 0.1) is 0 Å². The van der Waals surface area contributed by atoms with E-state index >= 15 is 0 Å². The molecule has 18 heavy (non-hydrogen) atoms. The molecule has 0 aromatic carbocycles. The van der Waals surface area contributed by atoms with E-state index < -0.39 is 6.10 Å². The Kier molecular flexibility index (Phi) is 6.60. The van der Waals surface area contributed by atoms with Gasteiger partial charge in [0.2, 0.25) is 5.91 Å². The summed E-state index contributed by atoms with van der Waals surface area (Å²) < 4.78 is 5.38. The van der Waals surface area contributed by atoms with Crippen molar-refractivity contribution in [2.75, 3.05) is 39.3 Å². The van der Waals surface area contributed by atoms with E-state index in [1.165, 1.54) is 0 Å². The molecule has 1 fully saturated rings. The van der Waals surface area contributed by atoms with E-state index in [4.69, 9.17) is 4.74 Å². The Morgan fingerprint density at radius 1 is 1.28 bits per heavy atom. The molecule has 0 radical (unpaired) electrons. The van der Waals surface area contributed by atoms with Gasteiger partial charge in [0.05, 0.1) is 18.8 Å². The highest BCUT2D eigenvalue weighted by Crippen LogP contribution is 2.05. The van der Waals surface area contributed by atoms with Crippen molar-refractivity contribution in [3.63, 3.8) is 0 Å². The number of piperazine rings is 1. The molecule has 106 valence electrons. The summed E-state index contributed by atoms with van der Waals surface area (Å²) in [6.07, 6.45) is 0.282. The number of carbonyl (C=O) groups excluding carboxylic acids is 1. The van der Waals surface area contributed by atoms with Crippen LogP contribution in [0.5, 0.6) is 0 Å². The monoisotopic (exact) mass is 258 g/mol. The molecular weight excluding hydrogens is 232 g/mol. The second-order valence-corrected chi connectivity index (χ2v) is 5.07. The first-order chi connectivity index (χ1) is 8.52. The fourth-order valence-electron chi connectivity index (χ4n) is 2.06. The summed E-state index contributed by atoms with van der Waals surface area (Å²) in [5, 5.41) is 9.82. The lowest BCUT2D eigenvalue weighted by atomic mass is 10.2. The number of aliphatic hydroxyl groups is 1. The molecule has 0 saturated carbocycles. The van der Waals surface area contributed by atoms with Crippen molar-refractivity contribution in [3.05, 3.63) is 0 Å². The van der Waals surface area contributed by atoms with Crippen molar-refractivity contribution in [2.24, 2.45) is 0 Å². The Morgan fingerprint density at radius 3 is 2.39 bits per heavy atom. The SMILES string of the molecule is CCC(=O)N1CCN(CC(O)COC(C)C)CC1. The standard InChI is InChI=1S/C13H26N2O3/c1-4-13(17)15-7-5-14(6-8-15)9-12(16)10-18-11(2)3/h11-12,16H,4-10H2,1-3H3. The normalized spacial score (nSPS) is 19.3. The van der Waals surface area contributed by atoms with Crippen LogP contribution in [-0.2, 0) is 9.53 Å². The van der Waals surface area contributed by atoms with Crippen LogP contribution in [0.15, 0.2) is 0 Å². The van der Waals surface area contributed by atoms with Gasteiger partial charge >= 0.3 is 0 Å². The Morgan fingerprint density at radius 2 is 1.89 bits per heavy atom. The number of hydrogen-bond acceptors (Lipinski definition) is 4. The molecule has 0 spiro atoms. The number of nitrogens with zero attached hydrogens (tertiary/aromatic N) is 2. The minimum atomic E-state index is -0.444. The lowest BCUT2D eigenvalue weighted by Crippen LogP contribution is -2.50. The molecule has 0 bridgehead atoms. The zero-order valence-corrected chi connectivity index (χ0v) is 11.8. The second kappa shape index (κ2) is 7.71. The van der Waals surface area contributed by atoms with Crippen molar-refractivity contribution in [1.29, 1.82) is 0 Å². The summed E-state index contributed by atoms with van der Waals surface area (Å²) >= 11 is 0. The Bertz CT molecular complexity index is 251. The van der Waals surface area contributed by atoms with Crippen molar-refractivity contribution in [2.45, 2.75) is 39.4 Å². The third kappa shape index (κ3) is 5.33. The fraction of sp³-hybridized carbons (Fsp3) is 0.923. The number of hydrogen-bond donors (Lipinski definition) is 1. The highest BCUT2D eigenvalue weighted by Gasteiger charge is 2.21. The van der Waals surface area contributed by atoms with Gasteiger partial charge in [0.25, 0.3) is 0 Å². The van der Waals surface area contributed by atoms with Gasteiger partial charge in [0.1, 0.15) is 0 Å². The predicted octanol–water partition coefficient (Wildman–Crippen LogP) is 0.327. The quantitative estimate of drug-likeness (QED) is 0.746. The van der Waals surface area contributed by atoms with Gasteiger partial charge in [-0.25, -0.2) is 0 Å². The Labute approximate surface area is 110 Å². The van der Waals surface area contributed by atoms with Gasteiger partial charge in [-0.3, -0.25) is 9.69 Å². The summed E-state index contributed by atoms with van der Waals surface area (Å²) in [5.41, 5.74) is 0. The topological polar surface area (TPSA) is 53.0 Å². The lowest BCUT2D eigenvalue weighted by Gasteiger charge is -2.35. The highest BCUT2D eigenvalue weighted by molar-refractivity contribution is 5.75. The van der Waals surface area contributed by atoms with Gasteiger partial charge in [0, 0.05) is 39.1 Å². The highest BCUT2D eigenvalue weighted by atomic mass is 16.5. The smallest absolute Gasteiger partial charge is 0.222 e. The first kappa shape index (κ1) is 15.4. The minimum Gasteiger partial charge on any atom is -0.389 e. The lowest BCUT2D eigenvalue weighted by molar-refractivity contribution is -0.132. The zero-order chi connectivity index (χ0) is 13.5. The van der Waals surface area contributed by atoms with Gasteiger partial charge < -0.3 is 14.7 Å². The molecule has 1 atom stereocenters. The third-order valence-electron chi connectivity index (χ3n) is 3.12. The maximum atomic E-state index is 11.5. The van der Waals surface area contributed by atoms with E-state index in [1.807, 2.05) is 25.7 Å². The van der Waals surface area contributed by atoms with Gasteiger partial charge in [-0.15, -0.1) is 0 Å². The second-order valence-electron chi connectivity index (χ2n) is 5.07. The Balaban J connectivity index is 2.20. The Hall–Kier alpha value is -0.650. The molecule has 1 saturated heterocycles. The summed E-state index contributed by atoms with van der Waals surface area (Å²) in [6.45, 7) is 10.0. The van der Waals surface area contributed by atoms with E-state index in [2.05, 4.69) is 4.90 Å². The van der Waals surface area contributed by atoms with Crippen molar-refractivity contribution in [3.8, 4) is 0 Å². The summed E-state index contributed by atoms with van der Waals surface area (Å²) in [5.74, 6) is 0.221. The molecule has 1 heterocycles. The van der Waals surface area contributed by atoms with Gasteiger partial charge in [0.15, 0.2) is 0 Å². The fourth-order valence-corrected chi connectivity index (χ4v) is 2.06. The summed E-state index contributed by atoms with van der Waals surface area (Å²) in [7, 11) is 0. The van der Waals surface area contributed by atoms with E-state index in [1.54, 1.807) is 0 Å². The molecule has 5 nitrogen and oxygen atoms in total. The largest absolute Gasteiger partial charge is 0.389 e. The molecular formula is C13H26N2O3. The first-order valence-corrected chi connectivity index (χ1v) is 6.82. The molecule has 0 aromatic heterocycles. The summed E-state index contributed by atoms with van der Waals surface area (Å²) in [6, 6.07) is 0. The molecule has 1 aliphatic rings. The number of amides is 1. The molecule has 0 aromatic rings. The van der Waals surface area contributed by atoms with Gasteiger partial charge in [-0.1, -0.05) is 6.92 Å². The number of β-amino-alcohol motifs (C(OH)–C–C–N with tert-alkyl or cyclic N) is 1. The molecule has 1 rings (SSSR count). The van der Waals surface area contributed by atoms with E-state index in [0.29, 0.717) is 19.6 Å². The van der Waals surface area contributed by atoms with E-state index in [-0.39, 0.29) is 12.0 Å². The van der Waals surface area contributed by atoms with Crippen LogP contribution in [0.3, 0.4) is 0 Å². The molecule has 1 aliphatic heterocycles. The van der Waals surface area contributed by atoms with Crippen LogP contribution < -0.4 is 0 Å². The van der Waals surface area contributed by atoms with Crippen molar-refractivity contribution in [1.82, 2.24) is 9.80 Å². The van der Waals surface area contributed by atoms with E-state index in [9.17, 15) is 9.90 Å². The average Bonchev–Trinajstić information content (AvgIpc) is 2.36. The number of ether oxygens (including phenoxy) is 1. The van der Waals surface area contributed by atoms with Crippen LogP contribution in [0.25, 0.3) is 0 Å². The molecule has 1 amide bonds. The molecule has 1 unspecified atom stereocenters. The van der Waals surface area contributed by atoms with E-state index in [0.717, 1.165) is 26.2 Å². The van der Waals surface area contributed by atoms with Crippen LogP contribution >= 0.6 is 0 Å². The molecule has 5 heteroatoms. The van der Waals surface area contributed by atoms with Crippen LogP contribution in [0.1, 0.15) is 27.2 Å². The number of rotatable bonds is 6. The summed E-state index contributed by atoms with van der Waals surface area (Å²) in [4.78, 5) is 15.6. The third-order valence-corrected chi connectivity index (χ3v) is 3.12. The van der Waals surface area contributed by atoms with Crippen molar-refractivity contribution < 1.29 is 14.6 Å². The maximum Gasteiger partial charge on any atom is 0.222 e. The van der Waals surface area contributed by atoms with Crippen LogP contribution in [-0.4, -0.2) is 72.4 Å². The van der Waals surface area contributed by atoms with Crippen LogP contribution in [0.4, 0.5) is 0 Å². The van der Waals surface area contributed by atoms with Crippen molar-refractivity contribution >= 4 is 5.91 Å². The maximum absolute atomic E-state index is 11.5. The average molecular weight is 258 g/mol. The van der Waals surface area contributed by atoms with Gasteiger partial charge in [-0.2, -0.15) is 0 Å². The van der Waals surface area contributed by atoms with Crippen LogP contribution in [0.2, 0.25) is 0 Å². The predicted molar refractivity (Wildman–Crippen MR) is 70.4 cm³/mol. The minimum absolute atomic E-state index is 0.152. The first-order valence-electron chi connectivity index (χ1n) is 6.82. The zero-order valence-electron chi connectivity index (χ0n) is 11.8. The molecule has 1 N–H and O–H groups in total. The molecule has 0 aliphatic carbocycles. The van der Waals surface area contributed by atoms with Gasteiger partial charge in [-0.05, 0) is 13.8 Å².